The summed E-state index contributed by atoms with van der Waals surface area (Å²) >= 11 is 0. The number of aromatic nitrogens is 2. The van der Waals surface area contributed by atoms with Crippen molar-refractivity contribution < 1.29 is 14.3 Å². The number of fused-ring (bicyclic) bond motifs is 1. The van der Waals surface area contributed by atoms with Crippen molar-refractivity contribution in [1.29, 1.82) is 0 Å². The van der Waals surface area contributed by atoms with Gasteiger partial charge in [0.05, 0.1) is 5.69 Å². The molecular formula is C15H15FN2O2. The Balaban J connectivity index is 1.87. The Kier molecular flexibility index (Phi) is 3.26. The summed E-state index contributed by atoms with van der Waals surface area (Å²) in [6, 6.07) is 5.87. The lowest BCUT2D eigenvalue weighted by Gasteiger charge is -2.20. The third-order valence-electron chi connectivity index (χ3n) is 3.63. The highest BCUT2D eigenvalue weighted by Crippen LogP contribution is 2.25. The Labute approximate surface area is 115 Å². The van der Waals surface area contributed by atoms with E-state index >= 15 is 0 Å². The first-order valence-electron chi connectivity index (χ1n) is 6.67. The summed E-state index contributed by atoms with van der Waals surface area (Å²) in [4.78, 5) is 15.7. The fourth-order valence-corrected chi connectivity index (χ4v) is 2.72. The topological polar surface area (TPSA) is 55.1 Å². The van der Waals surface area contributed by atoms with Gasteiger partial charge in [-0.3, -0.25) is 0 Å². The third kappa shape index (κ3) is 2.43. The molecule has 0 fully saturated rings. The van der Waals surface area contributed by atoms with Crippen molar-refractivity contribution in [2.45, 2.75) is 31.7 Å². The van der Waals surface area contributed by atoms with Crippen LogP contribution in [-0.4, -0.2) is 20.6 Å². The first kappa shape index (κ1) is 12.8. The van der Waals surface area contributed by atoms with Crippen LogP contribution < -0.4 is 0 Å². The summed E-state index contributed by atoms with van der Waals surface area (Å²) in [5.41, 5.74) is 1.63. The molecule has 1 aromatic carbocycles. The standard InChI is InChI=1S/C15H15FN2O2/c16-11-4-1-3-10(7-11)8-12-9-18-13(15(19)20)5-2-6-14(18)17-12/h1,3-4,7,9,13H,2,5-6,8H2,(H,19,20). The first-order valence-corrected chi connectivity index (χ1v) is 6.67. The van der Waals surface area contributed by atoms with Gasteiger partial charge in [-0.25, -0.2) is 14.2 Å². The predicted molar refractivity (Wildman–Crippen MR) is 71.0 cm³/mol. The molecule has 2 aromatic rings. The molecule has 1 aromatic heterocycles. The van der Waals surface area contributed by atoms with Crippen molar-refractivity contribution in [2.24, 2.45) is 0 Å². The van der Waals surface area contributed by atoms with E-state index in [1.54, 1.807) is 16.8 Å². The van der Waals surface area contributed by atoms with Crippen LogP contribution in [0.4, 0.5) is 4.39 Å². The molecule has 0 radical (unpaired) electrons. The van der Waals surface area contributed by atoms with Gasteiger partial charge in [-0.05, 0) is 30.5 Å². The van der Waals surface area contributed by atoms with Crippen LogP contribution in [0.5, 0.6) is 0 Å². The number of carbonyl (C=O) groups is 1. The number of aryl methyl sites for hydroxylation is 1. The molecule has 0 saturated carbocycles. The van der Waals surface area contributed by atoms with Crippen molar-refractivity contribution in [3.63, 3.8) is 0 Å². The van der Waals surface area contributed by atoms with Crippen molar-refractivity contribution in [2.75, 3.05) is 0 Å². The van der Waals surface area contributed by atoms with Crippen LogP contribution in [-0.2, 0) is 17.6 Å². The minimum atomic E-state index is -0.819. The number of carboxylic acid groups (broad SMARTS) is 1. The second-order valence-corrected chi connectivity index (χ2v) is 5.11. The molecule has 4 nitrogen and oxygen atoms in total. The molecule has 0 saturated heterocycles. The van der Waals surface area contributed by atoms with Gasteiger partial charge in [0.15, 0.2) is 0 Å². The van der Waals surface area contributed by atoms with Gasteiger partial charge in [0, 0.05) is 19.0 Å². The summed E-state index contributed by atoms with van der Waals surface area (Å²) in [7, 11) is 0. The lowest BCUT2D eigenvalue weighted by Crippen LogP contribution is -2.24. The summed E-state index contributed by atoms with van der Waals surface area (Å²) < 4.78 is 14.9. The van der Waals surface area contributed by atoms with E-state index in [1.807, 2.05) is 6.07 Å². The molecule has 2 heterocycles. The van der Waals surface area contributed by atoms with E-state index in [-0.39, 0.29) is 5.82 Å². The Morgan fingerprint density at radius 3 is 3.10 bits per heavy atom. The summed E-state index contributed by atoms with van der Waals surface area (Å²) in [6.07, 6.45) is 4.58. The van der Waals surface area contributed by atoms with Gasteiger partial charge >= 0.3 is 5.97 Å². The fraction of sp³-hybridized carbons (Fsp3) is 0.333. The maximum Gasteiger partial charge on any atom is 0.326 e. The lowest BCUT2D eigenvalue weighted by atomic mass is 10.1. The van der Waals surface area contributed by atoms with Crippen molar-refractivity contribution in [3.8, 4) is 0 Å². The highest BCUT2D eigenvalue weighted by molar-refractivity contribution is 5.72. The zero-order valence-corrected chi connectivity index (χ0v) is 10.9. The van der Waals surface area contributed by atoms with Crippen LogP contribution in [0.1, 0.15) is 36.0 Å². The molecule has 1 aliphatic heterocycles. The number of halogens is 1. The number of rotatable bonds is 3. The second kappa shape index (κ2) is 5.07. The van der Waals surface area contributed by atoms with Crippen LogP contribution >= 0.6 is 0 Å². The molecule has 20 heavy (non-hydrogen) atoms. The number of benzene rings is 1. The van der Waals surface area contributed by atoms with E-state index in [1.165, 1.54) is 12.1 Å². The molecule has 5 heteroatoms. The van der Waals surface area contributed by atoms with E-state index < -0.39 is 12.0 Å². The number of hydrogen-bond acceptors (Lipinski definition) is 2. The van der Waals surface area contributed by atoms with Crippen LogP contribution in [0.2, 0.25) is 0 Å². The molecule has 0 aliphatic carbocycles. The molecule has 3 rings (SSSR count). The summed E-state index contributed by atoms with van der Waals surface area (Å²) in [5.74, 6) is -0.273. The number of aliphatic carboxylic acids is 1. The molecule has 0 amide bonds. The molecule has 1 atom stereocenters. The van der Waals surface area contributed by atoms with Gasteiger partial charge in [0.25, 0.3) is 0 Å². The number of hydrogen-bond donors (Lipinski definition) is 1. The highest BCUT2D eigenvalue weighted by Gasteiger charge is 2.26. The van der Waals surface area contributed by atoms with Gasteiger partial charge in [-0.1, -0.05) is 12.1 Å². The van der Waals surface area contributed by atoms with Gasteiger partial charge in [-0.2, -0.15) is 0 Å². The molecule has 1 aliphatic rings. The average molecular weight is 274 g/mol. The minimum Gasteiger partial charge on any atom is -0.480 e. The Hall–Kier alpha value is -2.17. The number of nitrogens with zero attached hydrogens (tertiary/aromatic N) is 2. The second-order valence-electron chi connectivity index (χ2n) is 5.11. The highest BCUT2D eigenvalue weighted by atomic mass is 19.1. The van der Waals surface area contributed by atoms with Crippen molar-refractivity contribution >= 4 is 5.97 Å². The van der Waals surface area contributed by atoms with Crippen LogP contribution in [0.25, 0.3) is 0 Å². The smallest absolute Gasteiger partial charge is 0.326 e. The number of carboxylic acids is 1. The Bertz CT molecular complexity index is 651. The lowest BCUT2D eigenvalue weighted by molar-refractivity contribution is -0.141. The molecule has 0 bridgehead atoms. The van der Waals surface area contributed by atoms with E-state index in [2.05, 4.69) is 4.98 Å². The molecule has 104 valence electrons. The van der Waals surface area contributed by atoms with Crippen LogP contribution in [0, 0.1) is 5.82 Å². The van der Waals surface area contributed by atoms with Crippen molar-refractivity contribution in [1.82, 2.24) is 9.55 Å². The Morgan fingerprint density at radius 2 is 2.35 bits per heavy atom. The maximum absolute atomic E-state index is 13.2. The number of imidazole rings is 1. The quantitative estimate of drug-likeness (QED) is 0.936. The fourth-order valence-electron chi connectivity index (χ4n) is 2.72. The summed E-state index contributed by atoms with van der Waals surface area (Å²) in [6.45, 7) is 0. The zero-order chi connectivity index (χ0) is 14.1. The maximum atomic E-state index is 13.2. The van der Waals surface area contributed by atoms with E-state index in [0.717, 1.165) is 29.9 Å². The minimum absolute atomic E-state index is 0.269. The van der Waals surface area contributed by atoms with E-state index in [9.17, 15) is 14.3 Å². The molecule has 1 N–H and O–H groups in total. The largest absolute Gasteiger partial charge is 0.480 e. The molecular weight excluding hydrogens is 259 g/mol. The van der Waals surface area contributed by atoms with Crippen molar-refractivity contribution in [3.05, 3.63) is 53.4 Å². The van der Waals surface area contributed by atoms with E-state index in [0.29, 0.717) is 12.8 Å². The normalized spacial score (nSPS) is 17.8. The van der Waals surface area contributed by atoms with Crippen LogP contribution in [0.3, 0.4) is 0 Å². The van der Waals surface area contributed by atoms with Gasteiger partial charge in [0.1, 0.15) is 17.7 Å². The van der Waals surface area contributed by atoms with E-state index in [4.69, 9.17) is 0 Å². The SMILES string of the molecule is O=C(O)C1CCCc2nc(Cc3cccc(F)c3)cn21. The molecule has 0 spiro atoms. The molecule has 1 unspecified atom stereocenters. The van der Waals surface area contributed by atoms with Gasteiger partial charge < -0.3 is 9.67 Å². The summed E-state index contributed by atoms with van der Waals surface area (Å²) in [5, 5.41) is 9.22. The average Bonchev–Trinajstić information content (AvgIpc) is 2.80. The van der Waals surface area contributed by atoms with Crippen LogP contribution in [0.15, 0.2) is 30.5 Å². The van der Waals surface area contributed by atoms with Gasteiger partial charge in [-0.15, -0.1) is 0 Å². The van der Waals surface area contributed by atoms with Gasteiger partial charge in [0.2, 0.25) is 0 Å². The predicted octanol–water partition coefficient (Wildman–Crippen LogP) is 2.58. The monoisotopic (exact) mass is 274 g/mol. The Morgan fingerprint density at radius 1 is 1.50 bits per heavy atom. The zero-order valence-electron chi connectivity index (χ0n) is 10.9. The third-order valence-corrected chi connectivity index (χ3v) is 3.63. The first-order chi connectivity index (χ1) is 9.63.